The molecule has 5 nitrogen and oxygen atoms in total. The molecular formula is C17H14ClFN2O3. The molecule has 0 saturated carbocycles. The van der Waals surface area contributed by atoms with Crippen LogP contribution in [0.3, 0.4) is 0 Å². The van der Waals surface area contributed by atoms with Crippen LogP contribution in [-0.4, -0.2) is 28.0 Å². The predicted molar refractivity (Wildman–Crippen MR) is 87.5 cm³/mol. The van der Waals surface area contributed by atoms with Crippen molar-refractivity contribution < 1.29 is 19.0 Å². The number of nitrogens with zero attached hydrogens (tertiary/aromatic N) is 2. The number of aliphatic hydroxyl groups excluding tert-OH is 1. The zero-order valence-corrected chi connectivity index (χ0v) is 13.5. The number of aromatic nitrogens is 2. The molecule has 2 aromatic carbocycles. The van der Waals surface area contributed by atoms with Gasteiger partial charge in [0.15, 0.2) is 5.69 Å². The van der Waals surface area contributed by atoms with Gasteiger partial charge in [0.2, 0.25) is 0 Å². The zero-order valence-electron chi connectivity index (χ0n) is 12.8. The summed E-state index contributed by atoms with van der Waals surface area (Å²) in [6.45, 7) is -0.0324. The molecule has 0 aliphatic heterocycles. The van der Waals surface area contributed by atoms with Crippen molar-refractivity contribution in [2.45, 2.75) is 13.2 Å². The fraction of sp³-hybridized carbons (Fsp3) is 0.176. The molecule has 0 bridgehead atoms. The van der Waals surface area contributed by atoms with Crippen molar-refractivity contribution in [2.24, 2.45) is 0 Å². The molecule has 1 heterocycles. The molecule has 0 fully saturated rings. The molecule has 0 aliphatic carbocycles. The van der Waals surface area contributed by atoms with Crippen LogP contribution in [0, 0.1) is 5.82 Å². The van der Waals surface area contributed by atoms with E-state index in [-0.39, 0.29) is 18.8 Å². The SMILES string of the molecule is COC(=O)c1nn(Cc2ccc(Cl)cc2F)c2cc(CO)ccc12. The Kier molecular flexibility index (Phi) is 4.51. The quantitative estimate of drug-likeness (QED) is 0.736. The number of hydrogen-bond acceptors (Lipinski definition) is 4. The maximum Gasteiger partial charge on any atom is 0.359 e. The van der Waals surface area contributed by atoms with Gasteiger partial charge in [0, 0.05) is 16.0 Å². The Morgan fingerprint density at radius 1 is 1.33 bits per heavy atom. The standard InChI is InChI=1S/C17H14ClFN2O3/c1-24-17(23)16-13-5-2-10(9-22)6-15(13)21(20-16)8-11-3-4-12(18)7-14(11)19/h2-7,22H,8-9H2,1H3. The normalized spacial score (nSPS) is 11.0. The summed E-state index contributed by atoms with van der Waals surface area (Å²) in [7, 11) is 1.27. The largest absolute Gasteiger partial charge is 0.464 e. The Labute approximate surface area is 142 Å². The summed E-state index contributed by atoms with van der Waals surface area (Å²) in [6.07, 6.45) is 0. The number of carbonyl (C=O) groups is 1. The molecule has 0 aliphatic rings. The smallest absolute Gasteiger partial charge is 0.359 e. The van der Waals surface area contributed by atoms with E-state index in [1.165, 1.54) is 17.9 Å². The number of hydrogen-bond donors (Lipinski definition) is 1. The molecule has 0 atom stereocenters. The second kappa shape index (κ2) is 6.59. The number of halogens is 2. The van der Waals surface area contributed by atoms with E-state index >= 15 is 0 Å². The Morgan fingerprint density at radius 3 is 2.79 bits per heavy atom. The van der Waals surface area contributed by atoms with E-state index in [4.69, 9.17) is 16.3 Å². The van der Waals surface area contributed by atoms with Gasteiger partial charge in [-0.1, -0.05) is 23.7 Å². The molecule has 3 rings (SSSR count). The topological polar surface area (TPSA) is 64.3 Å². The number of fused-ring (bicyclic) bond motifs is 1. The number of esters is 1. The van der Waals surface area contributed by atoms with E-state index in [9.17, 15) is 14.3 Å². The third kappa shape index (κ3) is 2.98. The number of aliphatic hydroxyl groups is 1. The lowest BCUT2D eigenvalue weighted by Crippen LogP contribution is -2.07. The summed E-state index contributed by atoms with van der Waals surface area (Å²) in [5.74, 6) is -1.03. The third-order valence-corrected chi connectivity index (χ3v) is 3.95. The average molecular weight is 349 g/mol. The Hall–Kier alpha value is -2.44. The monoisotopic (exact) mass is 348 g/mol. The lowest BCUT2D eigenvalue weighted by Gasteiger charge is -2.06. The van der Waals surface area contributed by atoms with Crippen molar-refractivity contribution in [1.82, 2.24) is 9.78 Å². The molecule has 24 heavy (non-hydrogen) atoms. The summed E-state index contributed by atoms with van der Waals surface area (Å²) < 4.78 is 20.3. The molecule has 0 radical (unpaired) electrons. The van der Waals surface area contributed by atoms with Gasteiger partial charge < -0.3 is 9.84 Å². The second-order valence-corrected chi connectivity index (χ2v) is 5.68. The van der Waals surface area contributed by atoms with Gasteiger partial charge in [0.1, 0.15) is 5.82 Å². The van der Waals surface area contributed by atoms with Crippen molar-refractivity contribution in [3.63, 3.8) is 0 Å². The average Bonchev–Trinajstić information content (AvgIpc) is 2.94. The van der Waals surface area contributed by atoms with Gasteiger partial charge >= 0.3 is 5.97 Å². The minimum absolute atomic E-state index is 0.116. The highest BCUT2D eigenvalue weighted by Crippen LogP contribution is 2.23. The Bertz CT molecular complexity index is 924. The van der Waals surface area contributed by atoms with Gasteiger partial charge in [0.25, 0.3) is 0 Å². The summed E-state index contributed by atoms with van der Waals surface area (Å²) in [6, 6.07) is 9.48. The third-order valence-electron chi connectivity index (χ3n) is 3.71. The van der Waals surface area contributed by atoms with Gasteiger partial charge in [-0.2, -0.15) is 5.10 Å². The fourth-order valence-corrected chi connectivity index (χ4v) is 2.66. The molecule has 7 heteroatoms. The first-order valence-electron chi connectivity index (χ1n) is 7.16. The molecule has 1 N–H and O–H groups in total. The van der Waals surface area contributed by atoms with E-state index in [1.54, 1.807) is 30.3 Å². The number of methoxy groups -OCH3 is 1. The first-order chi connectivity index (χ1) is 11.5. The minimum Gasteiger partial charge on any atom is -0.464 e. The van der Waals surface area contributed by atoms with Crippen LogP contribution in [0.15, 0.2) is 36.4 Å². The number of benzene rings is 2. The molecule has 0 saturated heterocycles. The van der Waals surface area contributed by atoms with E-state index in [1.807, 2.05) is 0 Å². The van der Waals surface area contributed by atoms with Crippen LogP contribution in [0.25, 0.3) is 10.9 Å². The van der Waals surface area contributed by atoms with Crippen molar-refractivity contribution in [3.05, 3.63) is 64.1 Å². The zero-order chi connectivity index (χ0) is 17.3. The van der Waals surface area contributed by atoms with Crippen molar-refractivity contribution in [2.75, 3.05) is 7.11 Å². The van der Waals surface area contributed by atoms with Gasteiger partial charge in [0.05, 0.1) is 25.8 Å². The van der Waals surface area contributed by atoms with Crippen LogP contribution in [0.5, 0.6) is 0 Å². The molecule has 0 spiro atoms. The lowest BCUT2D eigenvalue weighted by molar-refractivity contribution is 0.0595. The Balaban J connectivity index is 2.13. The van der Waals surface area contributed by atoms with Crippen LogP contribution in [0.1, 0.15) is 21.6 Å². The van der Waals surface area contributed by atoms with Crippen LogP contribution < -0.4 is 0 Å². The summed E-state index contributed by atoms with van der Waals surface area (Å²) in [5, 5.41) is 14.5. The summed E-state index contributed by atoms with van der Waals surface area (Å²) >= 11 is 5.77. The molecular weight excluding hydrogens is 335 g/mol. The van der Waals surface area contributed by atoms with E-state index < -0.39 is 11.8 Å². The van der Waals surface area contributed by atoms with Crippen molar-refractivity contribution >= 4 is 28.5 Å². The highest BCUT2D eigenvalue weighted by molar-refractivity contribution is 6.30. The number of rotatable bonds is 4. The molecule has 124 valence electrons. The van der Waals surface area contributed by atoms with Gasteiger partial charge in [-0.05, 0) is 29.8 Å². The lowest BCUT2D eigenvalue weighted by atomic mass is 10.1. The molecule has 1 aromatic heterocycles. The maximum absolute atomic E-state index is 14.1. The Morgan fingerprint density at radius 2 is 2.12 bits per heavy atom. The second-order valence-electron chi connectivity index (χ2n) is 5.24. The van der Waals surface area contributed by atoms with Gasteiger partial charge in [-0.15, -0.1) is 0 Å². The van der Waals surface area contributed by atoms with Crippen LogP contribution in [0.4, 0.5) is 4.39 Å². The van der Waals surface area contributed by atoms with Gasteiger partial charge in [-0.3, -0.25) is 4.68 Å². The fourth-order valence-electron chi connectivity index (χ4n) is 2.50. The van der Waals surface area contributed by atoms with Crippen molar-refractivity contribution in [3.8, 4) is 0 Å². The molecule has 3 aromatic rings. The minimum atomic E-state index is -0.577. The first kappa shape index (κ1) is 16.4. The maximum atomic E-state index is 14.1. The van der Waals surface area contributed by atoms with E-state index in [0.717, 1.165) is 0 Å². The van der Waals surface area contributed by atoms with Crippen LogP contribution in [0.2, 0.25) is 5.02 Å². The highest BCUT2D eigenvalue weighted by Gasteiger charge is 2.19. The molecule has 0 unspecified atom stereocenters. The van der Waals surface area contributed by atoms with Crippen LogP contribution >= 0.6 is 11.6 Å². The number of ether oxygens (including phenoxy) is 1. The first-order valence-corrected chi connectivity index (χ1v) is 7.54. The van der Waals surface area contributed by atoms with E-state index in [0.29, 0.717) is 27.1 Å². The van der Waals surface area contributed by atoms with E-state index in [2.05, 4.69) is 5.10 Å². The summed E-state index contributed by atoms with van der Waals surface area (Å²) in [4.78, 5) is 11.9. The molecule has 0 amide bonds. The van der Waals surface area contributed by atoms with Gasteiger partial charge in [-0.25, -0.2) is 9.18 Å². The van der Waals surface area contributed by atoms with Crippen molar-refractivity contribution in [1.29, 1.82) is 0 Å². The predicted octanol–water partition coefficient (Wildman–Crippen LogP) is 3.16. The van der Waals surface area contributed by atoms with Crippen LogP contribution in [-0.2, 0) is 17.9 Å². The summed E-state index contributed by atoms with van der Waals surface area (Å²) in [5.41, 5.74) is 1.80. The number of carbonyl (C=O) groups excluding carboxylic acids is 1. The highest BCUT2D eigenvalue weighted by atomic mass is 35.5.